The minimum Gasteiger partial charge on any atom is -0.343 e. The van der Waals surface area contributed by atoms with Crippen LogP contribution in [0.2, 0.25) is 0 Å². The van der Waals surface area contributed by atoms with Crippen molar-refractivity contribution in [3.8, 4) is 0 Å². The molecular formula is C27H58Ti. The van der Waals surface area contributed by atoms with Gasteiger partial charge in [-0.25, -0.2) is 0 Å². The maximum Gasteiger partial charge on any atom is 4.00 e. The molecule has 0 unspecified atom stereocenters. The Bertz CT molecular complexity index is 121. The maximum atomic E-state index is 3.78. The molecule has 0 heterocycles. The zero-order chi connectivity index (χ0) is 21.4. The van der Waals surface area contributed by atoms with Crippen molar-refractivity contribution in [2.24, 2.45) is 0 Å². The van der Waals surface area contributed by atoms with Gasteiger partial charge in [-0.3, -0.25) is 0 Å². The molecule has 0 nitrogen and oxygen atoms in total. The minimum absolute atomic E-state index is 0. The summed E-state index contributed by atoms with van der Waals surface area (Å²) in [6, 6.07) is 0. The SMILES string of the molecule is C[CH-]C.[CH2-]CCCCCCC.[CH2-]CCCCCCC.[CH2-]CCCCCCC.[Ti+4]. The predicted molar refractivity (Wildman–Crippen MR) is 132 cm³/mol. The van der Waals surface area contributed by atoms with Gasteiger partial charge in [0.05, 0.1) is 0 Å². The first kappa shape index (κ1) is 39.2. The minimum atomic E-state index is 0. The van der Waals surface area contributed by atoms with Crippen LogP contribution < -0.4 is 0 Å². The molecule has 0 amide bonds. The summed E-state index contributed by atoms with van der Waals surface area (Å²) in [6.45, 7) is 22.1. The normalized spacial score (nSPS) is 9.00. The van der Waals surface area contributed by atoms with E-state index in [0.717, 1.165) is 19.3 Å². The van der Waals surface area contributed by atoms with Crippen molar-refractivity contribution in [1.29, 1.82) is 0 Å². The summed E-state index contributed by atoms with van der Waals surface area (Å²) in [5, 5.41) is 0. The molecule has 1 heteroatoms. The van der Waals surface area contributed by atoms with Crippen LogP contribution in [0.3, 0.4) is 0 Å². The number of rotatable bonds is 15. The Labute approximate surface area is 198 Å². The van der Waals surface area contributed by atoms with Crippen molar-refractivity contribution in [2.45, 2.75) is 150 Å². The summed E-state index contributed by atoms with van der Waals surface area (Å²) in [6.07, 6.45) is 25.9. The van der Waals surface area contributed by atoms with Crippen LogP contribution in [-0.4, -0.2) is 0 Å². The molecule has 28 heavy (non-hydrogen) atoms. The van der Waals surface area contributed by atoms with Gasteiger partial charge < -0.3 is 27.2 Å². The van der Waals surface area contributed by atoms with Gasteiger partial charge in [0.2, 0.25) is 0 Å². The summed E-state index contributed by atoms with van der Waals surface area (Å²) >= 11 is 0. The summed E-state index contributed by atoms with van der Waals surface area (Å²) in [7, 11) is 0. The van der Waals surface area contributed by atoms with Gasteiger partial charge >= 0.3 is 21.7 Å². The Hall–Kier alpha value is 0.714. The second-order valence-electron chi connectivity index (χ2n) is 7.38. The van der Waals surface area contributed by atoms with Gasteiger partial charge in [-0.15, -0.1) is 0 Å². The topological polar surface area (TPSA) is 0 Å². The molecule has 0 rings (SSSR count). The second kappa shape index (κ2) is 50.9. The zero-order valence-corrected chi connectivity index (χ0v) is 22.5. The molecule has 0 fully saturated rings. The fraction of sp³-hybridized carbons (Fsp3) is 0.852. The molecule has 0 aliphatic rings. The fourth-order valence-corrected chi connectivity index (χ4v) is 2.34. The third kappa shape index (κ3) is 71.5. The summed E-state index contributed by atoms with van der Waals surface area (Å²) in [5.41, 5.74) is 0. The van der Waals surface area contributed by atoms with Crippen LogP contribution in [0.5, 0.6) is 0 Å². The largest absolute Gasteiger partial charge is 4.00 e. The average molecular weight is 431 g/mol. The van der Waals surface area contributed by atoms with Gasteiger partial charge in [0.25, 0.3) is 0 Å². The van der Waals surface area contributed by atoms with E-state index >= 15 is 0 Å². The standard InChI is InChI=1S/3C8H17.C3H7.Ti/c3*1-3-5-7-8-6-4-2;1-3-2;/h3*1,3-8H2,2H3;3H,1-2H3;/q4*-1;+4. The molecule has 170 valence electrons. The van der Waals surface area contributed by atoms with Crippen molar-refractivity contribution >= 4 is 0 Å². The molecular weight excluding hydrogens is 372 g/mol. The average Bonchev–Trinajstić information content (AvgIpc) is 2.68. The Balaban J connectivity index is -0.0000000866. The first-order valence-corrected chi connectivity index (χ1v) is 12.3. The van der Waals surface area contributed by atoms with Gasteiger partial charge in [-0.05, 0) is 0 Å². The van der Waals surface area contributed by atoms with Crippen LogP contribution in [-0.2, 0) is 21.7 Å². The van der Waals surface area contributed by atoms with Crippen LogP contribution in [0.25, 0.3) is 0 Å². The van der Waals surface area contributed by atoms with E-state index in [2.05, 4.69) is 41.5 Å². The summed E-state index contributed by atoms with van der Waals surface area (Å²) < 4.78 is 0. The number of hydrogen-bond donors (Lipinski definition) is 0. The van der Waals surface area contributed by atoms with E-state index in [9.17, 15) is 0 Å². The van der Waals surface area contributed by atoms with Crippen molar-refractivity contribution in [1.82, 2.24) is 0 Å². The van der Waals surface area contributed by atoms with E-state index in [1.165, 1.54) is 96.3 Å². The third-order valence-electron chi connectivity index (χ3n) is 4.06. The molecule has 0 aromatic heterocycles. The zero-order valence-electron chi connectivity index (χ0n) is 20.9. The van der Waals surface area contributed by atoms with E-state index in [1.807, 2.05) is 20.3 Å². The molecule has 0 aliphatic heterocycles. The first-order valence-electron chi connectivity index (χ1n) is 12.3. The van der Waals surface area contributed by atoms with Crippen molar-refractivity contribution in [3.05, 3.63) is 27.2 Å². The smallest absolute Gasteiger partial charge is 0.343 e. The van der Waals surface area contributed by atoms with Crippen molar-refractivity contribution in [3.63, 3.8) is 0 Å². The molecule has 0 bridgehead atoms. The Morgan fingerprint density at radius 1 is 0.429 bits per heavy atom. The summed E-state index contributed by atoms with van der Waals surface area (Å²) in [5.74, 6) is 0. The van der Waals surface area contributed by atoms with E-state index in [4.69, 9.17) is 0 Å². The van der Waals surface area contributed by atoms with Gasteiger partial charge in [0, 0.05) is 0 Å². The Morgan fingerprint density at radius 3 is 0.750 bits per heavy atom. The fourth-order valence-electron chi connectivity index (χ4n) is 2.34. The Kier molecular flexibility index (Phi) is 71.3. The van der Waals surface area contributed by atoms with E-state index in [-0.39, 0.29) is 21.7 Å². The molecule has 0 saturated heterocycles. The van der Waals surface area contributed by atoms with Crippen molar-refractivity contribution in [2.75, 3.05) is 0 Å². The first-order chi connectivity index (χ1) is 13.2. The Morgan fingerprint density at radius 2 is 0.607 bits per heavy atom. The maximum absolute atomic E-state index is 3.78. The van der Waals surface area contributed by atoms with Crippen LogP contribution in [0.15, 0.2) is 0 Å². The summed E-state index contributed by atoms with van der Waals surface area (Å²) in [4.78, 5) is 0. The predicted octanol–water partition coefficient (Wildman–Crippen LogP) is 10.8. The van der Waals surface area contributed by atoms with Gasteiger partial charge in [0.15, 0.2) is 0 Å². The molecule has 0 aromatic rings. The van der Waals surface area contributed by atoms with Gasteiger partial charge in [0.1, 0.15) is 0 Å². The third-order valence-corrected chi connectivity index (χ3v) is 4.06. The van der Waals surface area contributed by atoms with Gasteiger partial charge in [-0.2, -0.15) is 33.1 Å². The monoisotopic (exact) mass is 430 g/mol. The number of unbranched alkanes of at least 4 members (excludes halogenated alkanes) is 15. The molecule has 0 aromatic carbocycles. The second-order valence-corrected chi connectivity index (χ2v) is 7.38. The molecule has 0 N–H and O–H groups in total. The van der Waals surface area contributed by atoms with Crippen LogP contribution >= 0.6 is 0 Å². The van der Waals surface area contributed by atoms with Crippen LogP contribution in [0.1, 0.15) is 150 Å². The molecule has 0 radical (unpaired) electrons. The molecule has 0 spiro atoms. The number of hydrogen-bond acceptors (Lipinski definition) is 0. The van der Waals surface area contributed by atoms with E-state index < -0.39 is 0 Å². The van der Waals surface area contributed by atoms with Crippen LogP contribution in [0.4, 0.5) is 0 Å². The molecule has 0 aliphatic carbocycles. The van der Waals surface area contributed by atoms with Gasteiger partial charge in [-0.1, -0.05) is 117 Å². The van der Waals surface area contributed by atoms with E-state index in [0.29, 0.717) is 0 Å². The quantitative estimate of drug-likeness (QED) is 0.138. The van der Waals surface area contributed by atoms with Crippen LogP contribution in [0, 0.1) is 27.2 Å². The molecule has 0 saturated carbocycles. The molecule has 0 atom stereocenters. The van der Waals surface area contributed by atoms with E-state index in [1.54, 1.807) is 0 Å². The van der Waals surface area contributed by atoms with Crippen molar-refractivity contribution < 1.29 is 21.7 Å².